The lowest BCUT2D eigenvalue weighted by molar-refractivity contribution is -0.118. The minimum absolute atomic E-state index is 0.175. The molecule has 0 unspecified atom stereocenters. The van der Waals surface area contributed by atoms with Crippen molar-refractivity contribution in [3.8, 4) is 0 Å². The molecule has 0 fully saturated rings. The van der Waals surface area contributed by atoms with Crippen molar-refractivity contribution in [3.63, 3.8) is 0 Å². The highest BCUT2D eigenvalue weighted by atomic mass is 16.1. The van der Waals surface area contributed by atoms with Crippen LogP contribution in [0.1, 0.15) is 45.4 Å². The number of carbonyl (C=O) groups is 1. The normalized spacial score (nSPS) is 9.92. The SMILES string of the molecule is BCC(=O)NCCCCCCCC. The molecule has 3 heteroatoms. The molecule has 0 aliphatic carbocycles. The van der Waals surface area contributed by atoms with Crippen LogP contribution in [0, 0.1) is 0 Å². The molecular weight excluding hydrogens is 161 g/mol. The number of hydrogen-bond acceptors (Lipinski definition) is 1. The van der Waals surface area contributed by atoms with E-state index in [4.69, 9.17) is 0 Å². The summed E-state index contributed by atoms with van der Waals surface area (Å²) in [5.74, 6) is 0.175. The van der Waals surface area contributed by atoms with Crippen molar-refractivity contribution < 1.29 is 4.79 Å². The summed E-state index contributed by atoms with van der Waals surface area (Å²) in [5, 5.41) is 2.88. The van der Waals surface area contributed by atoms with E-state index in [0.29, 0.717) is 6.32 Å². The Balaban J connectivity index is 2.95. The van der Waals surface area contributed by atoms with Gasteiger partial charge in [0.1, 0.15) is 7.85 Å². The van der Waals surface area contributed by atoms with E-state index in [9.17, 15) is 4.79 Å². The average Bonchev–Trinajstić information content (AvgIpc) is 2.16. The molecule has 0 rings (SSSR count). The Bertz CT molecular complexity index is 128. The third kappa shape index (κ3) is 9.45. The van der Waals surface area contributed by atoms with Crippen LogP contribution in [0.25, 0.3) is 0 Å². The zero-order valence-corrected chi connectivity index (χ0v) is 9.07. The summed E-state index contributed by atoms with van der Waals surface area (Å²) in [6.45, 7) is 3.08. The van der Waals surface area contributed by atoms with Crippen molar-refractivity contribution in [1.29, 1.82) is 0 Å². The van der Waals surface area contributed by atoms with E-state index in [1.54, 1.807) is 0 Å². The molecule has 0 aromatic carbocycles. The van der Waals surface area contributed by atoms with E-state index in [-0.39, 0.29) is 5.91 Å². The topological polar surface area (TPSA) is 29.1 Å². The van der Waals surface area contributed by atoms with Crippen LogP contribution in [-0.4, -0.2) is 20.3 Å². The fourth-order valence-electron chi connectivity index (χ4n) is 1.26. The van der Waals surface area contributed by atoms with Crippen LogP contribution in [0.4, 0.5) is 0 Å². The lowest BCUT2D eigenvalue weighted by Crippen LogP contribution is -2.23. The van der Waals surface area contributed by atoms with E-state index >= 15 is 0 Å². The largest absolute Gasteiger partial charge is 0.357 e. The second kappa shape index (κ2) is 9.62. The first-order valence-electron chi connectivity index (χ1n) is 5.58. The Morgan fingerprint density at radius 3 is 2.38 bits per heavy atom. The van der Waals surface area contributed by atoms with Crippen molar-refractivity contribution in [2.75, 3.05) is 6.54 Å². The molecule has 0 aromatic heterocycles. The first-order valence-corrected chi connectivity index (χ1v) is 5.58. The highest BCUT2D eigenvalue weighted by Crippen LogP contribution is 2.03. The maximum Gasteiger partial charge on any atom is 0.212 e. The Morgan fingerprint density at radius 2 is 1.77 bits per heavy atom. The molecule has 0 radical (unpaired) electrons. The van der Waals surface area contributed by atoms with Crippen LogP contribution in [0.5, 0.6) is 0 Å². The third-order valence-corrected chi connectivity index (χ3v) is 2.17. The summed E-state index contributed by atoms with van der Waals surface area (Å²) in [4.78, 5) is 10.8. The van der Waals surface area contributed by atoms with E-state index < -0.39 is 0 Å². The molecule has 0 spiro atoms. The van der Waals surface area contributed by atoms with Crippen LogP contribution < -0.4 is 5.32 Å². The zero-order valence-electron chi connectivity index (χ0n) is 9.07. The number of rotatable bonds is 8. The molecule has 1 N–H and O–H groups in total. The molecule has 0 bridgehead atoms. The molecule has 0 aliphatic rings. The van der Waals surface area contributed by atoms with E-state index in [1.807, 2.05) is 7.85 Å². The Kier molecular flexibility index (Phi) is 9.28. The Labute approximate surface area is 82.9 Å². The highest BCUT2D eigenvalue weighted by Gasteiger charge is 1.94. The number of carbonyl (C=O) groups excluding carboxylic acids is 1. The van der Waals surface area contributed by atoms with Gasteiger partial charge in [0.05, 0.1) is 0 Å². The molecule has 1 amide bonds. The highest BCUT2D eigenvalue weighted by molar-refractivity contribution is 6.19. The fraction of sp³-hybridized carbons (Fsp3) is 0.900. The molecule has 0 aliphatic heterocycles. The van der Waals surface area contributed by atoms with Crippen molar-refractivity contribution in [3.05, 3.63) is 0 Å². The molecule has 0 saturated heterocycles. The van der Waals surface area contributed by atoms with Gasteiger partial charge in [-0.1, -0.05) is 39.0 Å². The van der Waals surface area contributed by atoms with Gasteiger partial charge in [0.2, 0.25) is 5.91 Å². The molecule has 0 saturated carbocycles. The fourth-order valence-corrected chi connectivity index (χ4v) is 1.26. The lowest BCUT2D eigenvalue weighted by atomic mass is 10.0. The summed E-state index contributed by atoms with van der Waals surface area (Å²) in [6, 6.07) is 0. The number of amides is 1. The second-order valence-corrected chi connectivity index (χ2v) is 3.47. The van der Waals surface area contributed by atoms with E-state index in [1.165, 1.54) is 32.1 Å². The predicted molar refractivity (Wildman–Crippen MR) is 59.7 cm³/mol. The third-order valence-electron chi connectivity index (χ3n) is 2.17. The average molecular weight is 183 g/mol. The minimum Gasteiger partial charge on any atom is -0.357 e. The van der Waals surface area contributed by atoms with E-state index in [2.05, 4.69) is 12.2 Å². The number of unbranched alkanes of at least 4 members (excludes halogenated alkanes) is 5. The lowest BCUT2D eigenvalue weighted by Gasteiger charge is -2.02. The molecule has 2 nitrogen and oxygen atoms in total. The standard InChI is InChI=1S/C10H22BNO/c1-2-3-4-5-6-7-8-12-10(13)9-11/h2-9,11H2,1H3,(H,12,13). The summed E-state index contributed by atoms with van der Waals surface area (Å²) >= 11 is 0. The van der Waals surface area contributed by atoms with Gasteiger partial charge < -0.3 is 5.32 Å². The molecular formula is C10H22BNO. The molecule has 0 aromatic rings. The predicted octanol–water partition coefficient (Wildman–Crippen LogP) is 1.51. The van der Waals surface area contributed by atoms with Gasteiger partial charge in [0, 0.05) is 6.54 Å². The van der Waals surface area contributed by atoms with Gasteiger partial charge in [-0.2, -0.15) is 0 Å². The molecule has 0 heterocycles. The van der Waals surface area contributed by atoms with Crippen LogP contribution >= 0.6 is 0 Å². The van der Waals surface area contributed by atoms with Crippen molar-refractivity contribution in [2.24, 2.45) is 0 Å². The summed E-state index contributed by atoms with van der Waals surface area (Å²) in [5.41, 5.74) is 0. The number of hydrogen-bond donors (Lipinski definition) is 1. The minimum atomic E-state index is 0.175. The van der Waals surface area contributed by atoms with Crippen LogP contribution in [0.2, 0.25) is 6.32 Å². The Hall–Kier alpha value is -0.465. The molecule has 13 heavy (non-hydrogen) atoms. The monoisotopic (exact) mass is 183 g/mol. The summed E-state index contributed by atoms with van der Waals surface area (Å²) < 4.78 is 0. The van der Waals surface area contributed by atoms with Crippen molar-refractivity contribution in [1.82, 2.24) is 5.32 Å². The van der Waals surface area contributed by atoms with Crippen LogP contribution in [0.15, 0.2) is 0 Å². The number of nitrogens with one attached hydrogen (secondary N) is 1. The van der Waals surface area contributed by atoms with E-state index in [0.717, 1.165) is 13.0 Å². The second-order valence-electron chi connectivity index (χ2n) is 3.47. The van der Waals surface area contributed by atoms with Gasteiger partial charge in [0.15, 0.2) is 0 Å². The van der Waals surface area contributed by atoms with Crippen molar-refractivity contribution in [2.45, 2.75) is 51.8 Å². The maximum atomic E-state index is 10.8. The smallest absolute Gasteiger partial charge is 0.212 e. The van der Waals surface area contributed by atoms with Crippen molar-refractivity contribution >= 4 is 13.8 Å². The van der Waals surface area contributed by atoms with Gasteiger partial charge in [-0.25, -0.2) is 0 Å². The Morgan fingerprint density at radius 1 is 1.15 bits per heavy atom. The zero-order chi connectivity index (χ0) is 9.94. The first kappa shape index (κ1) is 12.5. The first-order chi connectivity index (χ1) is 6.31. The van der Waals surface area contributed by atoms with Gasteiger partial charge >= 0.3 is 0 Å². The molecule has 76 valence electrons. The molecule has 0 atom stereocenters. The van der Waals surface area contributed by atoms with Gasteiger partial charge in [0.25, 0.3) is 0 Å². The quantitative estimate of drug-likeness (QED) is 0.448. The maximum absolute atomic E-state index is 10.8. The van der Waals surface area contributed by atoms with Crippen LogP contribution in [-0.2, 0) is 4.79 Å². The van der Waals surface area contributed by atoms with Gasteiger partial charge in [-0.05, 0) is 12.7 Å². The van der Waals surface area contributed by atoms with Gasteiger partial charge in [-0.3, -0.25) is 4.79 Å². The van der Waals surface area contributed by atoms with Gasteiger partial charge in [-0.15, -0.1) is 0 Å². The summed E-state index contributed by atoms with van der Waals surface area (Å²) in [6.07, 6.45) is 8.30. The summed E-state index contributed by atoms with van der Waals surface area (Å²) in [7, 11) is 1.89. The van der Waals surface area contributed by atoms with Crippen LogP contribution in [0.3, 0.4) is 0 Å².